The van der Waals surface area contributed by atoms with E-state index in [4.69, 9.17) is 0 Å². The van der Waals surface area contributed by atoms with Gasteiger partial charge in [-0.1, -0.05) is 26.0 Å². The van der Waals surface area contributed by atoms with Crippen LogP contribution in [0.5, 0.6) is 0 Å². The van der Waals surface area contributed by atoms with Crippen LogP contribution in [0, 0.1) is 34.5 Å². The average molecular weight is 288 g/mol. The van der Waals surface area contributed by atoms with Gasteiger partial charge in [0.15, 0.2) is 0 Å². The van der Waals surface area contributed by atoms with E-state index >= 15 is 0 Å². The molecule has 0 spiro atoms. The van der Waals surface area contributed by atoms with Gasteiger partial charge >= 0.3 is 0 Å². The lowest BCUT2D eigenvalue weighted by Crippen LogP contribution is -2.53. The van der Waals surface area contributed by atoms with Crippen molar-refractivity contribution in [3.8, 4) is 0 Å². The lowest BCUT2D eigenvalue weighted by Gasteiger charge is -2.60. The highest BCUT2D eigenvalue weighted by Gasteiger charge is 2.58. The van der Waals surface area contributed by atoms with Crippen molar-refractivity contribution in [3.05, 3.63) is 12.2 Å². The zero-order valence-electron chi connectivity index (χ0n) is 13.9. The lowest BCUT2D eigenvalue weighted by molar-refractivity contribution is -0.116. The minimum atomic E-state index is -0.0141. The van der Waals surface area contributed by atoms with Crippen molar-refractivity contribution in [2.24, 2.45) is 34.5 Å². The Morgan fingerprint density at radius 1 is 1.00 bits per heavy atom. The lowest BCUT2D eigenvalue weighted by atomic mass is 9.45. The first-order valence-corrected chi connectivity index (χ1v) is 9.31. The normalized spacial score (nSPS) is 56.5. The fourth-order valence-corrected chi connectivity index (χ4v) is 7.14. The Morgan fingerprint density at radius 3 is 2.62 bits per heavy atom. The summed E-state index contributed by atoms with van der Waals surface area (Å²) in [6.07, 6.45) is 11.6. The Labute approximate surface area is 130 Å². The first-order chi connectivity index (χ1) is 9.95. The van der Waals surface area contributed by atoms with E-state index in [2.05, 4.69) is 20.4 Å². The maximum absolute atomic E-state index is 10.1. The van der Waals surface area contributed by atoms with Gasteiger partial charge in [-0.15, -0.1) is 0 Å². The molecule has 1 N–H and O–H groups in total. The predicted molar refractivity (Wildman–Crippen MR) is 86.9 cm³/mol. The minimum absolute atomic E-state index is 0.0141. The van der Waals surface area contributed by atoms with Gasteiger partial charge in [0, 0.05) is 0 Å². The van der Waals surface area contributed by atoms with Crippen LogP contribution in [0.2, 0.25) is 0 Å². The number of fused-ring (bicyclic) bond motifs is 5. The molecule has 0 saturated heterocycles. The number of allylic oxidation sites excluding steroid dienone is 1. The van der Waals surface area contributed by atoms with Crippen molar-refractivity contribution < 1.29 is 5.11 Å². The van der Waals surface area contributed by atoms with E-state index in [-0.39, 0.29) is 6.10 Å². The summed E-state index contributed by atoms with van der Waals surface area (Å²) in [7, 11) is 0. The van der Waals surface area contributed by atoms with Crippen LogP contribution in [-0.2, 0) is 0 Å². The summed E-state index contributed by atoms with van der Waals surface area (Å²) in [5, 5.41) is 10.1. The molecule has 0 amide bonds. The minimum Gasteiger partial charge on any atom is -0.393 e. The fraction of sp³-hybridized carbons (Fsp3) is 0.900. The molecule has 7 atom stereocenters. The third kappa shape index (κ3) is 1.85. The van der Waals surface area contributed by atoms with Crippen molar-refractivity contribution in [2.75, 3.05) is 0 Å². The van der Waals surface area contributed by atoms with Crippen LogP contribution in [0.4, 0.5) is 0 Å². The molecule has 0 bridgehead atoms. The van der Waals surface area contributed by atoms with Gasteiger partial charge in [-0.25, -0.2) is 0 Å². The van der Waals surface area contributed by atoms with Gasteiger partial charge in [-0.3, -0.25) is 0 Å². The van der Waals surface area contributed by atoms with Crippen molar-refractivity contribution in [2.45, 2.75) is 77.7 Å². The molecule has 0 aromatic rings. The fourth-order valence-electron chi connectivity index (χ4n) is 7.14. The molecule has 0 aromatic carbocycles. The molecule has 4 rings (SSSR count). The van der Waals surface area contributed by atoms with E-state index in [1.54, 1.807) is 5.57 Å². The van der Waals surface area contributed by atoms with Crippen LogP contribution >= 0.6 is 0 Å². The standard InChI is InChI=1S/C20H32O/c1-13-4-7-17-16-6-5-14-12-15(21)8-10-20(14,3)18(16)9-11-19(13,17)2/h14-18,21H,1,4-12H2,2-3H3/t14?,15-,16+,17?,18?,19-,20+/m1/s1. The van der Waals surface area contributed by atoms with Crippen LogP contribution in [0.1, 0.15) is 71.6 Å². The van der Waals surface area contributed by atoms with Gasteiger partial charge in [0.25, 0.3) is 0 Å². The third-order valence-electron chi connectivity index (χ3n) is 8.59. The number of aliphatic hydroxyl groups excluding tert-OH is 1. The Hall–Kier alpha value is -0.300. The number of aliphatic hydroxyl groups is 1. The van der Waals surface area contributed by atoms with Gasteiger partial charge in [0.1, 0.15) is 0 Å². The summed E-state index contributed by atoms with van der Waals surface area (Å²) in [4.78, 5) is 0. The van der Waals surface area contributed by atoms with Crippen LogP contribution in [-0.4, -0.2) is 11.2 Å². The van der Waals surface area contributed by atoms with Crippen molar-refractivity contribution in [1.82, 2.24) is 0 Å². The summed E-state index contributed by atoms with van der Waals surface area (Å²) in [5.41, 5.74) is 2.53. The molecule has 0 aliphatic heterocycles. The summed E-state index contributed by atoms with van der Waals surface area (Å²) < 4.78 is 0. The zero-order chi connectivity index (χ0) is 14.8. The second kappa shape index (κ2) is 4.60. The summed E-state index contributed by atoms with van der Waals surface area (Å²) in [6.45, 7) is 9.52. The first kappa shape index (κ1) is 14.3. The van der Waals surface area contributed by atoms with Gasteiger partial charge in [0.2, 0.25) is 0 Å². The van der Waals surface area contributed by atoms with E-state index in [1.165, 1.54) is 44.9 Å². The van der Waals surface area contributed by atoms with E-state index in [0.29, 0.717) is 10.8 Å². The molecular formula is C20H32O. The van der Waals surface area contributed by atoms with Crippen molar-refractivity contribution >= 4 is 0 Å². The molecule has 0 heterocycles. The Kier molecular flexibility index (Phi) is 3.13. The third-order valence-corrected chi connectivity index (χ3v) is 8.59. The van der Waals surface area contributed by atoms with Crippen LogP contribution in [0.15, 0.2) is 12.2 Å². The summed E-state index contributed by atoms with van der Waals surface area (Å²) >= 11 is 0. The molecule has 1 heteroatoms. The van der Waals surface area contributed by atoms with E-state index in [9.17, 15) is 5.11 Å². The van der Waals surface area contributed by atoms with Crippen molar-refractivity contribution in [1.29, 1.82) is 0 Å². The highest BCUT2D eigenvalue weighted by atomic mass is 16.3. The van der Waals surface area contributed by atoms with E-state index in [0.717, 1.165) is 36.5 Å². The molecule has 3 unspecified atom stereocenters. The maximum Gasteiger partial charge on any atom is 0.0543 e. The van der Waals surface area contributed by atoms with E-state index in [1.807, 2.05) is 0 Å². The molecule has 0 radical (unpaired) electrons. The topological polar surface area (TPSA) is 20.2 Å². The van der Waals surface area contributed by atoms with Gasteiger partial charge in [-0.05, 0) is 92.3 Å². The van der Waals surface area contributed by atoms with Gasteiger partial charge in [-0.2, -0.15) is 0 Å². The van der Waals surface area contributed by atoms with Crippen molar-refractivity contribution in [3.63, 3.8) is 0 Å². The molecule has 21 heavy (non-hydrogen) atoms. The molecular weight excluding hydrogens is 256 g/mol. The van der Waals surface area contributed by atoms with E-state index < -0.39 is 0 Å². The predicted octanol–water partition coefficient (Wildman–Crippen LogP) is 4.95. The number of hydrogen-bond donors (Lipinski definition) is 1. The second-order valence-electron chi connectivity index (χ2n) is 9.18. The molecule has 4 saturated carbocycles. The largest absolute Gasteiger partial charge is 0.393 e. The highest BCUT2D eigenvalue weighted by Crippen LogP contribution is 2.67. The molecule has 4 aliphatic rings. The summed E-state index contributed by atoms with van der Waals surface area (Å²) in [5.74, 6) is 3.57. The van der Waals surface area contributed by atoms with Gasteiger partial charge in [0.05, 0.1) is 6.10 Å². The Morgan fingerprint density at radius 2 is 1.81 bits per heavy atom. The van der Waals surface area contributed by atoms with Crippen LogP contribution < -0.4 is 0 Å². The first-order valence-electron chi connectivity index (χ1n) is 9.31. The Balaban J connectivity index is 1.64. The second-order valence-corrected chi connectivity index (χ2v) is 9.18. The van der Waals surface area contributed by atoms with Crippen LogP contribution in [0.25, 0.3) is 0 Å². The monoisotopic (exact) mass is 288 g/mol. The SMILES string of the molecule is C=C1CCC2[C@@H]3CCC4C[C@H](O)CC[C@]4(C)C3CC[C@]12C. The molecule has 0 aromatic heterocycles. The average Bonchev–Trinajstić information content (AvgIpc) is 2.76. The quantitative estimate of drug-likeness (QED) is 0.626. The number of hydrogen-bond acceptors (Lipinski definition) is 1. The maximum atomic E-state index is 10.1. The molecule has 4 fully saturated rings. The molecule has 118 valence electrons. The highest BCUT2D eigenvalue weighted by molar-refractivity contribution is 5.21. The number of rotatable bonds is 0. The van der Waals surface area contributed by atoms with Gasteiger partial charge < -0.3 is 5.11 Å². The smallest absolute Gasteiger partial charge is 0.0543 e. The van der Waals surface area contributed by atoms with Crippen LogP contribution in [0.3, 0.4) is 0 Å². The molecule has 4 aliphatic carbocycles. The Bertz CT molecular complexity index is 455. The zero-order valence-corrected chi connectivity index (χ0v) is 13.9. The summed E-state index contributed by atoms with van der Waals surface area (Å²) in [6, 6.07) is 0. The molecule has 1 nitrogen and oxygen atoms in total.